The van der Waals surface area contributed by atoms with Crippen LogP contribution < -0.4 is 5.32 Å². The zero-order valence-corrected chi connectivity index (χ0v) is 13.8. The Morgan fingerprint density at radius 3 is 2.92 bits per heavy atom. The third kappa shape index (κ3) is 4.55. The maximum atomic E-state index is 12.6. The summed E-state index contributed by atoms with van der Waals surface area (Å²) in [5.74, 6) is -0.392. The summed E-state index contributed by atoms with van der Waals surface area (Å²) in [7, 11) is 0. The van der Waals surface area contributed by atoms with Crippen LogP contribution in [0.3, 0.4) is 0 Å². The van der Waals surface area contributed by atoms with Gasteiger partial charge in [-0.2, -0.15) is 0 Å². The number of hydrogen-bond donors (Lipinski definition) is 1. The minimum atomic E-state index is -0.501. The van der Waals surface area contributed by atoms with Gasteiger partial charge >= 0.3 is 5.97 Å². The molecule has 0 radical (unpaired) electrons. The third-order valence-corrected chi connectivity index (χ3v) is 4.42. The topological polar surface area (TPSA) is 67.9 Å². The van der Waals surface area contributed by atoms with E-state index in [4.69, 9.17) is 9.47 Å². The Bertz CT molecular complexity index is 557. The molecule has 2 fully saturated rings. The average Bonchev–Trinajstić information content (AvgIpc) is 3.11. The predicted molar refractivity (Wildman–Crippen MR) is 88.2 cm³/mol. The Morgan fingerprint density at radius 1 is 1.33 bits per heavy atom. The molecule has 1 aromatic rings. The summed E-state index contributed by atoms with van der Waals surface area (Å²) in [6.07, 6.45) is 2.02. The lowest BCUT2D eigenvalue weighted by atomic mass is 10.1. The average molecular weight is 332 g/mol. The number of piperazine rings is 1. The number of carbonyl (C=O) groups excluding carboxylic acids is 2. The van der Waals surface area contributed by atoms with Crippen LogP contribution >= 0.6 is 0 Å². The van der Waals surface area contributed by atoms with Crippen LogP contribution in [0.1, 0.15) is 24.8 Å². The lowest BCUT2D eigenvalue weighted by Crippen LogP contribution is -2.55. The van der Waals surface area contributed by atoms with Crippen LogP contribution in [0.5, 0.6) is 0 Å². The van der Waals surface area contributed by atoms with Gasteiger partial charge in [0.15, 0.2) is 0 Å². The maximum absolute atomic E-state index is 12.6. The molecule has 130 valence electrons. The molecule has 6 heteroatoms. The fourth-order valence-corrected chi connectivity index (χ4v) is 3.10. The SMILES string of the molecule is O=C(CC1NCCN(Cc2ccccc2)C1=O)OCC1CCCO1. The smallest absolute Gasteiger partial charge is 0.308 e. The van der Waals surface area contributed by atoms with Crippen molar-refractivity contribution in [2.24, 2.45) is 0 Å². The summed E-state index contributed by atoms with van der Waals surface area (Å²) in [5, 5.41) is 3.12. The first-order chi connectivity index (χ1) is 11.7. The van der Waals surface area contributed by atoms with E-state index < -0.39 is 6.04 Å². The number of carbonyl (C=O) groups is 2. The van der Waals surface area contributed by atoms with Crippen molar-refractivity contribution < 1.29 is 19.1 Å². The minimum Gasteiger partial charge on any atom is -0.463 e. The van der Waals surface area contributed by atoms with Crippen LogP contribution in [0, 0.1) is 0 Å². The number of amides is 1. The molecule has 2 unspecified atom stereocenters. The Kier molecular flexibility index (Phi) is 5.82. The number of esters is 1. The Balaban J connectivity index is 1.48. The van der Waals surface area contributed by atoms with Crippen LogP contribution in [-0.2, 0) is 25.6 Å². The summed E-state index contributed by atoms with van der Waals surface area (Å²) >= 11 is 0. The summed E-state index contributed by atoms with van der Waals surface area (Å²) in [4.78, 5) is 26.3. The van der Waals surface area contributed by atoms with Gasteiger partial charge in [-0.25, -0.2) is 0 Å². The second-order valence-corrected chi connectivity index (χ2v) is 6.27. The van der Waals surface area contributed by atoms with Crippen LogP contribution in [-0.4, -0.2) is 55.2 Å². The van der Waals surface area contributed by atoms with E-state index in [-0.39, 0.29) is 31.0 Å². The normalized spacial score (nSPS) is 24.2. The van der Waals surface area contributed by atoms with Gasteiger partial charge in [-0.3, -0.25) is 9.59 Å². The van der Waals surface area contributed by atoms with Crippen molar-refractivity contribution in [1.29, 1.82) is 0 Å². The molecule has 0 aliphatic carbocycles. The Labute approximate surface area is 142 Å². The lowest BCUT2D eigenvalue weighted by molar-refractivity contribution is -0.151. The van der Waals surface area contributed by atoms with Crippen molar-refractivity contribution in [3.63, 3.8) is 0 Å². The van der Waals surface area contributed by atoms with Gasteiger partial charge in [0.05, 0.1) is 18.6 Å². The van der Waals surface area contributed by atoms with Gasteiger partial charge in [0.2, 0.25) is 5.91 Å². The second-order valence-electron chi connectivity index (χ2n) is 6.27. The molecule has 1 aromatic carbocycles. The molecule has 2 heterocycles. The molecular weight excluding hydrogens is 308 g/mol. The first-order valence-corrected chi connectivity index (χ1v) is 8.55. The molecule has 0 saturated carbocycles. The molecule has 1 amide bonds. The van der Waals surface area contributed by atoms with Crippen LogP contribution in [0.4, 0.5) is 0 Å². The summed E-state index contributed by atoms with van der Waals surface area (Å²) in [5.41, 5.74) is 1.09. The van der Waals surface area contributed by atoms with E-state index in [2.05, 4.69) is 5.32 Å². The molecule has 2 atom stereocenters. The highest BCUT2D eigenvalue weighted by Crippen LogP contribution is 2.14. The summed E-state index contributed by atoms with van der Waals surface area (Å²) in [6.45, 7) is 2.92. The minimum absolute atomic E-state index is 0.0125. The van der Waals surface area contributed by atoms with E-state index in [1.165, 1.54) is 0 Å². The molecule has 2 saturated heterocycles. The quantitative estimate of drug-likeness (QED) is 0.790. The molecule has 2 aliphatic rings. The zero-order chi connectivity index (χ0) is 16.8. The van der Waals surface area contributed by atoms with Crippen molar-refractivity contribution in [2.45, 2.75) is 38.0 Å². The fraction of sp³-hybridized carbons (Fsp3) is 0.556. The van der Waals surface area contributed by atoms with Crippen molar-refractivity contribution >= 4 is 11.9 Å². The zero-order valence-electron chi connectivity index (χ0n) is 13.8. The van der Waals surface area contributed by atoms with E-state index in [1.54, 1.807) is 4.90 Å². The van der Waals surface area contributed by atoms with E-state index in [9.17, 15) is 9.59 Å². The second kappa shape index (κ2) is 8.26. The maximum Gasteiger partial charge on any atom is 0.308 e. The van der Waals surface area contributed by atoms with Gasteiger partial charge in [0.1, 0.15) is 6.61 Å². The van der Waals surface area contributed by atoms with Gasteiger partial charge in [-0.15, -0.1) is 0 Å². The van der Waals surface area contributed by atoms with Crippen molar-refractivity contribution in [1.82, 2.24) is 10.2 Å². The van der Waals surface area contributed by atoms with E-state index in [0.29, 0.717) is 19.6 Å². The standard InChI is InChI=1S/C18H24N2O4/c21-17(24-13-15-7-4-10-23-15)11-16-18(22)20(9-8-19-16)12-14-5-2-1-3-6-14/h1-3,5-6,15-16,19H,4,7-13H2. The number of nitrogens with zero attached hydrogens (tertiary/aromatic N) is 1. The highest BCUT2D eigenvalue weighted by Gasteiger charge is 2.31. The highest BCUT2D eigenvalue weighted by molar-refractivity contribution is 5.87. The molecule has 2 aliphatic heterocycles. The molecule has 0 aromatic heterocycles. The number of benzene rings is 1. The van der Waals surface area contributed by atoms with Gasteiger partial charge in [0, 0.05) is 26.2 Å². The molecule has 0 spiro atoms. The van der Waals surface area contributed by atoms with Crippen LogP contribution in [0.15, 0.2) is 30.3 Å². The Hall–Kier alpha value is -1.92. The largest absolute Gasteiger partial charge is 0.463 e. The van der Waals surface area contributed by atoms with E-state index >= 15 is 0 Å². The fourth-order valence-electron chi connectivity index (χ4n) is 3.10. The number of hydrogen-bond acceptors (Lipinski definition) is 5. The molecule has 3 rings (SSSR count). The number of ether oxygens (including phenoxy) is 2. The summed E-state index contributed by atoms with van der Waals surface area (Å²) in [6, 6.07) is 9.37. The third-order valence-electron chi connectivity index (χ3n) is 4.42. The van der Waals surface area contributed by atoms with Gasteiger partial charge in [-0.05, 0) is 18.4 Å². The summed E-state index contributed by atoms with van der Waals surface area (Å²) < 4.78 is 10.7. The monoisotopic (exact) mass is 332 g/mol. The van der Waals surface area contributed by atoms with Crippen molar-refractivity contribution in [3.05, 3.63) is 35.9 Å². The van der Waals surface area contributed by atoms with Gasteiger partial charge in [-0.1, -0.05) is 30.3 Å². The van der Waals surface area contributed by atoms with Gasteiger partial charge in [0.25, 0.3) is 0 Å². The first kappa shape index (κ1) is 16.9. The number of nitrogens with one attached hydrogen (secondary N) is 1. The molecular formula is C18H24N2O4. The van der Waals surface area contributed by atoms with Crippen molar-refractivity contribution in [2.75, 3.05) is 26.3 Å². The van der Waals surface area contributed by atoms with Gasteiger partial charge < -0.3 is 19.7 Å². The van der Waals surface area contributed by atoms with Crippen LogP contribution in [0.2, 0.25) is 0 Å². The van der Waals surface area contributed by atoms with E-state index in [0.717, 1.165) is 25.0 Å². The predicted octanol–water partition coefficient (Wildman–Crippen LogP) is 1.10. The lowest BCUT2D eigenvalue weighted by Gasteiger charge is -2.33. The molecule has 24 heavy (non-hydrogen) atoms. The highest BCUT2D eigenvalue weighted by atomic mass is 16.6. The van der Waals surface area contributed by atoms with Crippen LogP contribution in [0.25, 0.3) is 0 Å². The van der Waals surface area contributed by atoms with E-state index in [1.807, 2.05) is 30.3 Å². The molecule has 6 nitrogen and oxygen atoms in total. The first-order valence-electron chi connectivity index (χ1n) is 8.55. The molecule has 0 bridgehead atoms. The van der Waals surface area contributed by atoms with Crippen molar-refractivity contribution in [3.8, 4) is 0 Å². The molecule has 1 N–H and O–H groups in total. The Morgan fingerprint density at radius 2 is 2.17 bits per heavy atom. The number of rotatable bonds is 6.